The van der Waals surface area contributed by atoms with Crippen LogP contribution < -0.4 is 5.32 Å². The van der Waals surface area contributed by atoms with E-state index in [9.17, 15) is 8.42 Å². The van der Waals surface area contributed by atoms with E-state index in [1.54, 1.807) is 18.2 Å². The van der Waals surface area contributed by atoms with Crippen LogP contribution in [0.2, 0.25) is 0 Å². The number of fused-ring (bicyclic) bond motifs is 1. The third-order valence-electron chi connectivity index (χ3n) is 3.60. The highest BCUT2D eigenvalue weighted by Gasteiger charge is 2.28. The van der Waals surface area contributed by atoms with Crippen molar-refractivity contribution in [3.63, 3.8) is 0 Å². The second-order valence-electron chi connectivity index (χ2n) is 5.15. The molecule has 2 atom stereocenters. The van der Waals surface area contributed by atoms with Gasteiger partial charge in [-0.15, -0.1) is 0 Å². The molecule has 19 heavy (non-hydrogen) atoms. The molecule has 0 radical (unpaired) electrons. The average Bonchev–Trinajstić information content (AvgIpc) is 2.91. The maximum absolute atomic E-state index is 11.5. The maximum Gasteiger partial charge on any atom is 0.212 e. The molecule has 102 valence electrons. The molecular formula is C13H16N2O3S. The lowest BCUT2D eigenvalue weighted by Crippen LogP contribution is -2.16. The van der Waals surface area contributed by atoms with E-state index >= 15 is 0 Å². The van der Waals surface area contributed by atoms with Crippen LogP contribution in [0.3, 0.4) is 0 Å². The summed E-state index contributed by atoms with van der Waals surface area (Å²) in [4.78, 5) is 4.70. The summed E-state index contributed by atoms with van der Waals surface area (Å²) in [5.41, 5.74) is 1.22. The molecular weight excluding hydrogens is 264 g/mol. The zero-order valence-corrected chi connectivity index (χ0v) is 11.7. The Hall–Kier alpha value is -1.40. The van der Waals surface area contributed by atoms with Crippen molar-refractivity contribution in [1.82, 2.24) is 10.3 Å². The summed E-state index contributed by atoms with van der Waals surface area (Å²) in [6.45, 7) is 3.11. The molecule has 0 aliphatic carbocycles. The van der Waals surface area contributed by atoms with Crippen LogP contribution in [0.25, 0.3) is 11.1 Å². The van der Waals surface area contributed by atoms with E-state index in [0.717, 1.165) is 13.0 Å². The van der Waals surface area contributed by atoms with Crippen molar-refractivity contribution < 1.29 is 12.8 Å². The third-order valence-corrected chi connectivity index (χ3v) is 4.71. The molecule has 6 heteroatoms. The van der Waals surface area contributed by atoms with Crippen LogP contribution >= 0.6 is 0 Å². The first kappa shape index (κ1) is 12.6. The quantitative estimate of drug-likeness (QED) is 0.909. The monoisotopic (exact) mass is 280 g/mol. The fourth-order valence-electron chi connectivity index (χ4n) is 2.45. The number of rotatable bonds is 2. The summed E-state index contributed by atoms with van der Waals surface area (Å²) in [6, 6.07) is 4.91. The van der Waals surface area contributed by atoms with Crippen molar-refractivity contribution in [2.75, 3.05) is 12.8 Å². The van der Waals surface area contributed by atoms with Gasteiger partial charge in [-0.25, -0.2) is 13.4 Å². The zero-order chi connectivity index (χ0) is 13.6. The van der Waals surface area contributed by atoms with Crippen molar-refractivity contribution >= 4 is 20.9 Å². The lowest BCUT2D eigenvalue weighted by molar-refractivity contribution is 0.394. The highest BCUT2D eigenvalue weighted by molar-refractivity contribution is 7.90. The van der Waals surface area contributed by atoms with Gasteiger partial charge in [0.1, 0.15) is 5.52 Å². The minimum absolute atomic E-state index is 0.120. The molecule has 5 nitrogen and oxygen atoms in total. The first-order chi connectivity index (χ1) is 8.95. The first-order valence-corrected chi connectivity index (χ1v) is 8.18. The summed E-state index contributed by atoms with van der Waals surface area (Å²) in [7, 11) is -3.21. The van der Waals surface area contributed by atoms with Gasteiger partial charge in [-0.3, -0.25) is 0 Å². The zero-order valence-electron chi connectivity index (χ0n) is 10.9. The molecule has 3 rings (SSSR count). The molecule has 2 heterocycles. The highest BCUT2D eigenvalue weighted by atomic mass is 32.2. The number of nitrogens with zero attached hydrogens (tertiary/aromatic N) is 1. The Labute approximate surface area is 111 Å². The van der Waals surface area contributed by atoms with E-state index in [4.69, 9.17) is 4.42 Å². The predicted octanol–water partition coefficient (Wildman–Crippen LogP) is 1.90. The lowest BCUT2D eigenvalue weighted by Gasteiger charge is -2.10. The smallest absolute Gasteiger partial charge is 0.212 e. The maximum atomic E-state index is 11.5. The number of hydrogen-bond donors (Lipinski definition) is 1. The molecule has 1 saturated heterocycles. The Bertz CT molecular complexity index is 721. The fourth-order valence-corrected chi connectivity index (χ4v) is 3.09. The van der Waals surface area contributed by atoms with Gasteiger partial charge in [-0.2, -0.15) is 0 Å². The van der Waals surface area contributed by atoms with Crippen molar-refractivity contribution in [3.8, 4) is 0 Å². The van der Waals surface area contributed by atoms with E-state index in [-0.39, 0.29) is 10.9 Å². The van der Waals surface area contributed by atoms with Gasteiger partial charge in [0, 0.05) is 6.26 Å². The van der Waals surface area contributed by atoms with E-state index in [1.165, 1.54) is 6.26 Å². The summed E-state index contributed by atoms with van der Waals surface area (Å²) < 4.78 is 28.8. The van der Waals surface area contributed by atoms with Gasteiger partial charge in [0.05, 0.1) is 10.9 Å². The van der Waals surface area contributed by atoms with E-state index in [0.29, 0.717) is 22.9 Å². The van der Waals surface area contributed by atoms with Gasteiger partial charge in [0.25, 0.3) is 0 Å². The van der Waals surface area contributed by atoms with Crippen molar-refractivity contribution in [2.24, 2.45) is 5.92 Å². The van der Waals surface area contributed by atoms with Crippen LogP contribution in [0.5, 0.6) is 0 Å². The number of oxazole rings is 1. The molecule has 1 fully saturated rings. The molecule has 1 aromatic carbocycles. The van der Waals surface area contributed by atoms with Gasteiger partial charge in [-0.05, 0) is 37.1 Å². The Morgan fingerprint density at radius 2 is 2.21 bits per heavy atom. The Kier molecular flexibility index (Phi) is 2.87. The fraction of sp³-hybridized carbons (Fsp3) is 0.462. The van der Waals surface area contributed by atoms with Crippen molar-refractivity contribution in [3.05, 3.63) is 24.1 Å². The predicted molar refractivity (Wildman–Crippen MR) is 71.6 cm³/mol. The topological polar surface area (TPSA) is 72.2 Å². The van der Waals surface area contributed by atoms with Crippen molar-refractivity contribution in [1.29, 1.82) is 0 Å². The van der Waals surface area contributed by atoms with Crippen LogP contribution in [0.15, 0.2) is 27.5 Å². The molecule has 1 aliphatic rings. The summed E-state index contributed by atoms with van der Waals surface area (Å²) >= 11 is 0. The van der Waals surface area contributed by atoms with E-state index in [2.05, 4.69) is 17.2 Å². The molecule has 2 aromatic rings. The molecule has 0 spiro atoms. The molecule has 1 aromatic heterocycles. The van der Waals surface area contributed by atoms with Crippen LogP contribution in [0.4, 0.5) is 0 Å². The summed E-state index contributed by atoms with van der Waals surface area (Å²) in [6.07, 6.45) is 2.29. The van der Waals surface area contributed by atoms with E-state index < -0.39 is 9.84 Å². The minimum Gasteiger partial charge on any atom is -0.439 e. The lowest BCUT2D eigenvalue weighted by atomic mass is 10.0. The summed E-state index contributed by atoms with van der Waals surface area (Å²) in [5, 5.41) is 3.35. The SMILES string of the molecule is CC1CCNC1c1nc2cc(S(C)(=O)=O)ccc2o1. The molecule has 1 aliphatic heterocycles. The van der Waals surface area contributed by atoms with Gasteiger partial charge in [-0.1, -0.05) is 6.92 Å². The number of hydrogen-bond acceptors (Lipinski definition) is 5. The Balaban J connectivity index is 2.06. The van der Waals surface area contributed by atoms with Gasteiger partial charge >= 0.3 is 0 Å². The minimum atomic E-state index is -3.21. The van der Waals surface area contributed by atoms with Crippen LogP contribution in [-0.2, 0) is 9.84 Å². The Morgan fingerprint density at radius 1 is 1.42 bits per heavy atom. The van der Waals surface area contributed by atoms with Gasteiger partial charge < -0.3 is 9.73 Å². The molecule has 0 amide bonds. The van der Waals surface area contributed by atoms with Crippen LogP contribution in [0.1, 0.15) is 25.3 Å². The second-order valence-corrected chi connectivity index (χ2v) is 7.17. The number of aromatic nitrogens is 1. The Morgan fingerprint density at radius 3 is 2.84 bits per heavy atom. The molecule has 2 unspecified atom stereocenters. The third kappa shape index (κ3) is 2.26. The molecule has 0 saturated carbocycles. The normalized spacial score (nSPS) is 24.1. The number of benzene rings is 1. The van der Waals surface area contributed by atoms with Crippen molar-refractivity contribution in [2.45, 2.75) is 24.3 Å². The first-order valence-electron chi connectivity index (χ1n) is 6.29. The van der Waals surface area contributed by atoms with Gasteiger partial charge in [0.2, 0.25) is 5.89 Å². The second kappa shape index (κ2) is 4.31. The summed E-state index contributed by atoms with van der Waals surface area (Å²) in [5.74, 6) is 1.12. The van der Waals surface area contributed by atoms with Gasteiger partial charge in [0.15, 0.2) is 15.4 Å². The molecule has 1 N–H and O–H groups in total. The van der Waals surface area contributed by atoms with E-state index in [1.807, 2.05) is 0 Å². The van der Waals surface area contributed by atoms with Crippen LogP contribution in [0, 0.1) is 5.92 Å². The van der Waals surface area contributed by atoms with Crippen LogP contribution in [-0.4, -0.2) is 26.2 Å². The molecule has 0 bridgehead atoms. The largest absolute Gasteiger partial charge is 0.439 e. The standard InChI is InChI=1S/C13H16N2O3S/c1-8-5-6-14-12(8)13-15-10-7-9(19(2,16)17)3-4-11(10)18-13/h3-4,7-8,12,14H,5-6H2,1-2H3. The highest BCUT2D eigenvalue weighted by Crippen LogP contribution is 2.31. The number of nitrogens with one attached hydrogen (secondary N) is 1. The number of sulfone groups is 1. The average molecular weight is 280 g/mol.